The summed E-state index contributed by atoms with van der Waals surface area (Å²) in [5.41, 5.74) is 0.846. The van der Waals surface area contributed by atoms with Gasteiger partial charge in [-0.05, 0) is 31.4 Å². The summed E-state index contributed by atoms with van der Waals surface area (Å²) >= 11 is 0. The number of hydrogen-bond acceptors (Lipinski definition) is 4. The van der Waals surface area contributed by atoms with Gasteiger partial charge in [0.05, 0.1) is 12.7 Å². The van der Waals surface area contributed by atoms with Gasteiger partial charge in [-0.1, -0.05) is 0 Å². The molecule has 0 amide bonds. The Bertz CT molecular complexity index is 433. The van der Waals surface area contributed by atoms with E-state index in [4.69, 9.17) is 4.74 Å². The Balaban J connectivity index is 2.32. The van der Waals surface area contributed by atoms with Crippen molar-refractivity contribution in [1.82, 2.24) is 4.98 Å². The molecule has 1 fully saturated rings. The summed E-state index contributed by atoms with van der Waals surface area (Å²) in [6, 6.07) is 4.08. The van der Waals surface area contributed by atoms with Crippen LogP contribution in [0.15, 0.2) is 18.5 Å². The topological polar surface area (TPSA) is 66.1 Å². The monoisotopic (exact) mass is 232 g/mol. The summed E-state index contributed by atoms with van der Waals surface area (Å²) in [6.07, 6.45) is 3.96. The van der Waals surface area contributed by atoms with Crippen molar-refractivity contribution in [3.05, 3.63) is 29.6 Å². The lowest BCUT2D eigenvalue weighted by Gasteiger charge is -2.35. The number of hydrogen-bond donors (Lipinski definition) is 1. The Morgan fingerprint density at radius 3 is 3.06 bits per heavy atom. The lowest BCUT2D eigenvalue weighted by Crippen LogP contribution is -2.36. The lowest BCUT2D eigenvalue weighted by molar-refractivity contribution is -0.0509. The van der Waals surface area contributed by atoms with Gasteiger partial charge in [-0.15, -0.1) is 0 Å². The molecule has 2 unspecified atom stereocenters. The standard InChI is InChI=1S/C13H16N2O2/c1-10-3-5-15-7-11(10)12(16)13(8-14)4-2-6-17-9-13/h3,5,7,12,16H,2,4,6,9H2,1H3. The van der Waals surface area contributed by atoms with Gasteiger partial charge in [0.2, 0.25) is 0 Å². The predicted octanol–water partition coefficient (Wildman–Crippen LogP) is 1.74. The van der Waals surface area contributed by atoms with Crippen LogP contribution >= 0.6 is 0 Å². The van der Waals surface area contributed by atoms with Gasteiger partial charge >= 0.3 is 0 Å². The molecular weight excluding hydrogens is 216 g/mol. The highest BCUT2D eigenvalue weighted by atomic mass is 16.5. The van der Waals surface area contributed by atoms with E-state index in [1.807, 2.05) is 13.0 Å². The smallest absolute Gasteiger partial charge is 0.111 e. The molecule has 0 radical (unpaired) electrons. The second-order valence-corrected chi connectivity index (χ2v) is 4.56. The van der Waals surface area contributed by atoms with Gasteiger partial charge in [0.25, 0.3) is 0 Å². The molecule has 1 aromatic rings. The fourth-order valence-electron chi connectivity index (χ4n) is 2.24. The quantitative estimate of drug-likeness (QED) is 0.843. The number of aromatic nitrogens is 1. The SMILES string of the molecule is Cc1ccncc1C(O)C1(C#N)CCCOC1. The molecule has 1 aliphatic heterocycles. The Kier molecular flexibility index (Phi) is 3.41. The van der Waals surface area contributed by atoms with Gasteiger partial charge in [0.1, 0.15) is 11.5 Å². The van der Waals surface area contributed by atoms with E-state index in [0.29, 0.717) is 19.6 Å². The first-order valence-electron chi connectivity index (χ1n) is 5.77. The van der Waals surface area contributed by atoms with E-state index < -0.39 is 11.5 Å². The third-order valence-electron chi connectivity index (χ3n) is 3.39. The number of aliphatic hydroxyl groups is 1. The number of aryl methyl sites for hydroxylation is 1. The number of pyridine rings is 1. The van der Waals surface area contributed by atoms with Crippen LogP contribution in [0.1, 0.15) is 30.1 Å². The fraction of sp³-hybridized carbons (Fsp3) is 0.538. The van der Waals surface area contributed by atoms with Crippen LogP contribution in [0.3, 0.4) is 0 Å². The molecule has 1 aliphatic rings. The highest BCUT2D eigenvalue weighted by molar-refractivity contribution is 5.28. The summed E-state index contributed by atoms with van der Waals surface area (Å²) < 4.78 is 5.36. The second kappa shape index (κ2) is 4.82. The summed E-state index contributed by atoms with van der Waals surface area (Å²) in [5.74, 6) is 0. The van der Waals surface area contributed by atoms with Crippen molar-refractivity contribution < 1.29 is 9.84 Å². The average molecular weight is 232 g/mol. The van der Waals surface area contributed by atoms with E-state index in [1.54, 1.807) is 12.4 Å². The van der Waals surface area contributed by atoms with Crippen LogP contribution in [0.25, 0.3) is 0 Å². The van der Waals surface area contributed by atoms with E-state index in [2.05, 4.69) is 11.1 Å². The summed E-state index contributed by atoms with van der Waals surface area (Å²) in [6.45, 7) is 2.87. The van der Waals surface area contributed by atoms with E-state index in [9.17, 15) is 10.4 Å². The molecule has 1 N–H and O–H groups in total. The molecule has 90 valence electrons. The van der Waals surface area contributed by atoms with Crippen molar-refractivity contribution in [3.63, 3.8) is 0 Å². The molecule has 0 saturated carbocycles. The van der Waals surface area contributed by atoms with Crippen molar-refractivity contribution in [2.75, 3.05) is 13.2 Å². The fourth-order valence-corrected chi connectivity index (χ4v) is 2.24. The van der Waals surface area contributed by atoms with E-state index >= 15 is 0 Å². The molecule has 2 atom stereocenters. The number of rotatable bonds is 2. The maximum Gasteiger partial charge on any atom is 0.111 e. The minimum Gasteiger partial charge on any atom is -0.387 e. The largest absolute Gasteiger partial charge is 0.387 e. The number of ether oxygens (including phenoxy) is 1. The third-order valence-corrected chi connectivity index (χ3v) is 3.39. The zero-order valence-corrected chi connectivity index (χ0v) is 9.89. The maximum absolute atomic E-state index is 10.4. The summed E-state index contributed by atoms with van der Waals surface area (Å²) in [4.78, 5) is 4.02. The van der Waals surface area contributed by atoms with Crippen LogP contribution in [-0.4, -0.2) is 23.3 Å². The van der Waals surface area contributed by atoms with Crippen molar-refractivity contribution in [2.45, 2.75) is 25.9 Å². The van der Waals surface area contributed by atoms with Gasteiger partial charge in [0, 0.05) is 24.6 Å². The molecule has 0 aliphatic carbocycles. The first-order chi connectivity index (χ1) is 8.19. The Morgan fingerprint density at radius 2 is 2.47 bits per heavy atom. The first-order valence-corrected chi connectivity index (χ1v) is 5.77. The lowest BCUT2D eigenvalue weighted by atomic mass is 9.75. The molecule has 0 aromatic carbocycles. The minimum absolute atomic E-state index is 0.291. The van der Waals surface area contributed by atoms with Crippen LogP contribution in [0.2, 0.25) is 0 Å². The zero-order valence-electron chi connectivity index (χ0n) is 9.89. The van der Waals surface area contributed by atoms with Gasteiger partial charge in [-0.3, -0.25) is 4.98 Å². The van der Waals surface area contributed by atoms with E-state index in [1.165, 1.54) is 0 Å². The molecule has 2 rings (SSSR count). The normalized spacial score (nSPS) is 26.2. The average Bonchev–Trinajstić information content (AvgIpc) is 2.39. The third kappa shape index (κ3) is 2.17. The van der Waals surface area contributed by atoms with Crippen LogP contribution in [0.5, 0.6) is 0 Å². The Labute approximate surface area is 101 Å². The number of aliphatic hydroxyl groups excluding tert-OH is 1. The molecular formula is C13H16N2O2. The van der Waals surface area contributed by atoms with Gasteiger partial charge in [0.15, 0.2) is 0 Å². The highest BCUT2D eigenvalue weighted by Crippen LogP contribution is 2.40. The molecule has 4 heteroatoms. The van der Waals surface area contributed by atoms with Crippen molar-refractivity contribution >= 4 is 0 Å². The predicted molar refractivity (Wildman–Crippen MR) is 62.0 cm³/mol. The zero-order chi connectivity index (χ0) is 12.3. The van der Waals surface area contributed by atoms with Crippen LogP contribution in [-0.2, 0) is 4.74 Å². The van der Waals surface area contributed by atoms with Crippen LogP contribution in [0.4, 0.5) is 0 Å². The van der Waals surface area contributed by atoms with Crippen molar-refractivity contribution in [3.8, 4) is 6.07 Å². The van der Waals surface area contributed by atoms with E-state index in [0.717, 1.165) is 17.5 Å². The highest BCUT2D eigenvalue weighted by Gasteiger charge is 2.41. The molecule has 17 heavy (non-hydrogen) atoms. The van der Waals surface area contributed by atoms with Gasteiger partial charge < -0.3 is 9.84 Å². The number of nitrogens with zero attached hydrogens (tertiary/aromatic N) is 2. The molecule has 1 saturated heterocycles. The Morgan fingerprint density at radius 1 is 1.65 bits per heavy atom. The van der Waals surface area contributed by atoms with Crippen LogP contribution < -0.4 is 0 Å². The molecule has 0 bridgehead atoms. The minimum atomic E-state index is -0.832. The maximum atomic E-state index is 10.4. The molecule has 1 aromatic heterocycles. The second-order valence-electron chi connectivity index (χ2n) is 4.56. The Hall–Kier alpha value is -1.44. The molecule has 2 heterocycles. The molecule has 0 spiro atoms. The summed E-state index contributed by atoms with van der Waals surface area (Å²) in [7, 11) is 0. The van der Waals surface area contributed by atoms with E-state index in [-0.39, 0.29) is 0 Å². The van der Waals surface area contributed by atoms with Crippen LogP contribution in [0, 0.1) is 23.7 Å². The summed E-state index contributed by atoms with van der Waals surface area (Å²) in [5, 5.41) is 19.8. The van der Waals surface area contributed by atoms with Gasteiger partial charge in [-0.25, -0.2) is 0 Å². The molecule has 4 nitrogen and oxygen atoms in total. The number of nitriles is 1. The first kappa shape index (κ1) is 12.0. The van der Waals surface area contributed by atoms with Crippen molar-refractivity contribution in [2.24, 2.45) is 5.41 Å². The van der Waals surface area contributed by atoms with Crippen molar-refractivity contribution in [1.29, 1.82) is 5.26 Å². The van der Waals surface area contributed by atoms with Gasteiger partial charge in [-0.2, -0.15) is 5.26 Å².